The molecule has 4 N–H and O–H groups in total. The van der Waals surface area contributed by atoms with E-state index in [9.17, 15) is 4.39 Å². The van der Waals surface area contributed by atoms with E-state index in [-0.39, 0.29) is 12.4 Å². The summed E-state index contributed by atoms with van der Waals surface area (Å²) in [6.45, 7) is 5.30. The number of fused-ring (bicyclic) bond motifs is 1. The van der Waals surface area contributed by atoms with E-state index >= 15 is 0 Å². The lowest BCUT2D eigenvalue weighted by Crippen LogP contribution is -2.47. The molecule has 1 aromatic carbocycles. The number of aliphatic hydroxyl groups excluding tert-OH is 1. The number of aromatic amines is 1. The molecular formula is C27H29FN10O. The number of nitrogens with zero attached hydrogens (tertiary/aromatic N) is 8. The summed E-state index contributed by atoms with van der Waals surface area (Å²) < 4.78 is 15.1. The first-order valence-electron chi connectivity index (χ1n) is 12.8. The minimum absolute atomic E-state index is 0.0347. The van der Waals surface area contributed by atoms with E-state index in [4.69, 9.17) is 10.8 Å². The van der Waals surface area contributed by atoms with Crippen molar-refractivity contribution >= 4 is 22.8 Å². The molecule has 1 atom stereocenters. The molecule has 1 saturated heterocycles. The highest BCUT2D eigenvalue weighted by Crippen LogP contribution is 2.30. The predicted octanol–water partition coefficient (Wildman–Crippen LogP) is 2.29. The maximum atomic E-state index is 13.4. The SMILES string of the molecule is CC(N)(c1ccc(F)cc1)c1cnc(N2CCN(c3ncnc4[nH]c(-c5cnn(CCO)c5)cc34)CC2)nc1. The molecule has 1 fully saturated rings. The van der Waals surface area contributed by atoms with Gasteiger partial charge in [-0.2, -0.15) is 5.10 Å². The third-order valence-electron chi connectivity index (χ3n) is 7.22. The predicted molar refractivity (Wildman–Crippen MR) is 146 cm³/mol. The molecule has 1 aliphatic rings. The van der Waals surface area contributed by atoms with Crippen molar-refractivity contribution in [3.8, 4) is 11.3 Å². The number of nitrogens with one attached hydrogen (secondary N) is 1. The van der Waals surface area contributed by atoms with Crippen LogP contribution in [0, 0.1) is 5.82 Å². The molecule has 4 aromatic heterocycles. The third-order valence-corrected chi connectivity index (χ3v) is 7.22. The topological polar surface area (TPSA) is 138 Å². The first-order chi connectivity index (χ1) is 18.9. The first-order valence-corrected chi connectivity index (χ1v) is 12.8. The van der Waals surface area contributed by atoms with Crippen LogP contribution in [0.5, 0.6) is 0 Å². The highest BCUT2D eigenvalue weighted by Gasteiger charge is 2.26. The fourth-order valence-electron chi connectivity index (χ4n) is 4.90. The molecule has 0 saturated carbocycles. The second-order valence-corrected chi connectivity index (χ2v) is 9.81. The highest BCUT2D eigenvalue weighted by molar-refractivity contribution is 5.91. The number of nitrogens with two attached hydrogens (primary N) is 1. The lowest BCUT2D eigenvalue weighted by atomic mass is 9.87. The van der Waals surface area contributed by atoms with Gasteiger partial charge in [0, 0.05) is 55.9 Å². The maximum Gasteiger partial charge on any atom is 0.225 e. The fourth-order valence-corrected chi connectivity index (χ4v) is 4.90. The van der Waals surface area contributed by atoms with Gasteiger partial charge in [-0.05, 0) is 30.7 Å². The molecule has 1 aliphatic heterocycles. The molecular weight excluding hydrogens is 499 g/mol. The van der Waals surface area contributed by atoms with Gasteiger partial charge in [-0.1, -0.05) is 12.1 Å². The van der Waals surface area contributed by atoms with Crippen LogP contribution in [0.4, 0.5) is 16.2 Å². The van der Waals surface area contributed by atoms with Crippen molar-refractivity contribution in [3.63, 3.8) is 0 Å². The minimum atomic E-state index is -0.837. The van der Waals surface area contributed by atoms with Crippen LogP contribution in [-0.2, 0) is 12.1 Å². The van der Waals surface area contributed by atoms with Crippen LogP contribution >= 0.6 is 0 Å². The lowest BCUT2D eigenvalue weighted by Gasteiger charge is -2.35. The summed E-state index contributed by atoms with van der Waals surface area (Å²) in [5, 5.41) is 14.4. The second-order valence-electron chi connectivity index (χ2n) is 9.81. The van der Waals surface area contributed by atoms with Crippen LogP contribution in [0.3, 0.4) is 0 Å². The van der Waals surface area contributed by atoms with Crippen molar-refractivity contribution in [1.82, 2.24) is 34.7 Å². The van der Waals surface area contributed by atoms with E-state index in [1.807, 2.05) is 19.2 Å². The Bertz CT molecular complexity index is 1570. The largest absolute Gasteiger partial charge is 0.394 e. The van der Waals surface area contributed by atoms with Gasteiger partial charge >= 0.3 is 0 Å². The summed E-state index contributed by atoms with van der Waals surface area (Å²) >= 11 is 0. The number of H-pyrrole nitrogens is 1. The van der Waals surface area contributed by atoms with E-state index in [2.05, 4.69) is 39.8 Å². The summed E-state index contributed by atoms with van der Waals surface area (Å²) in [5.74, 6) is 1.22. The second kappa shape index (κ2) is 10.0. The van der Waals surface area contributed by atoms with Crippen LogP contribution in [0.15, 0.2) is 61.4 Å². The molecule has 0 aliphatic carbocycles. The molecule has 6 rings (SSSR count). The molecule has 0 spiro atoms. The lowest BCUT2D eigenvalue weighted by molar-refractivity contribution is 0.269. The van der Waals surface area contributed by atoms with Gasteiger partial charge in [0.25, 0.3) is 0 Å². The third kappa shape index (κ3) is 4.79. The van der Waals surface area contributed by atoms with Gasteiger partial charge in [0.2, 0.25) is 5.95 Å². The maximum absolute atomic E-state index is 13.4. The number of rotatable bonds is 7. The molecule has 1 unspecified atom stereocenters. The van der Waals surface area contributed by atoms with Crippen molar-refractivity contribution < 1.29 is 9.50 Å². The minimum Gasteiger partial charge on any atom is -0.394 e. The molecule has 0 amide bonds. The van der Waals surface area contributed by atoms with E-state index in [0.29, 0.717) is 12.5 Å². The summed E-state index contributed by atoms with van der Waals surface area (Å²) in [6.07, 6.45) is 8.73. The summed E-state index contributed by atoms with van der Waals surface area (Å²) in [7, 11) is 0. The zero-order valence-corrected chi connectivity index (χ0v) is 21.5. The number of piperazine rings is 1. The summed E-state index contributed by atoms with van der Waals surface area (Å²) in [5.41, 5.74) is 9.86. The molecule has 5 aromatic rings. The van der Waals surface area contributed by atoms with Gasteiger partial charge in [-0.3, -0.25) is 4.68 Å². The monoisotopic (exact) mass is 528 g/mol. The van der Waals surface area contributed by atoms with Crippen LogP contribution in [0.25, 0.3) is 22.3 Å². The number of aliphatic hydroxyl groups is 1. The first kappa shape index (κ1) is 24.9. The number of anilines is 2. The number of hydrogen-bond acceptors (Lipinski definition) is 9. The van der Waals surface area contributed by atoms with Crippen molar-refractivity contribution in [2.24, 2.45) is 5.73 Å². The molecule has 39 heavy (non-hydrogen) atoms. The van der Waals surface area contributed by atoms with Gasteiger partial charge in [-0.15, -0.1) is 0 Å². The number of halogens is 1. The highest BCUT2D eigenvalue weighted by atomic mass is 19.1. The molecule has 5 heterocycles. The Morgan fingerprint density at radius 1 is 0.974 bits per heavy atom. The Balaban J connectivity index is 1.15. The fraction of sp³-hybridized carbons (Fsp3) is 0.296. The normalized spacial score (nSPS) is 15.6. The Hall–Kier alpha value is -4.42. The van der Waals surface area contributed by atoms with E-state index in [1.165, 1.54) is 12.1 Å². The van der Waals surface area contributed by atoms with Crippen LogP contribution in [0.1, 0.15) is 18.1 Å². The molecule has 12 heteroatoms. The van der Waals surface area contributed by atoms with Crippen molar-refractivity contribution in [2.45, 2.75) is 19.0 Å². The number of aromatic nitrogens is 7. The number of hydrogen-bond donors (Lipinski definition) is 3. The average molecular weight is 529 g/mol. The van der Waals surface area contributed by atoms with Crippen molar-refractivity contribution in [1.29, 1.82) is 0 Å². The average Bonchev–Trinajstić information content (AvgIpc) is 3.61. The van der Waals surface area contributed by atoms with Gasteiger partial charge in [-0.25, -0.2) is 24.3 Å². The Morgan fingerprint density at radius 2 is 1.69 bits per heavy atom. The summed E-state index contributed by atoms with van der Waals surface area (Å²) in [6, 6.07) is 8.22. The van der Waals surface area contributed by atoms with E-state index < -0.39 is 5.54 Å². The molecule has 0 radical (unpaired) electrons. The molecule has 11 nitrogen and oxygen atoms in total. The summed E-state index contributed by atoms with van der Waals surface area (Å²) in [4.78, 5) is 26.0. The van der Waals surface area contributed by atoms with Gasteiger partial charge in [0.15, 0.2) is 0 Å². The van der Waals surface area contributed by atoms with Crippen molar-refractivity contribution in [2.75, 3.05) is 42.6 Å². The molecule has 0 bridgehead atoms. The number of benzene rings is 1. The molecule has 200 valence electrons. The van der Waals surface area contributed by atoms with Crippen LogP contribution < -0.4 is 15.5 Å². The Kier molecular flexibility index (Phi) is 6.41. The van der Waals surface area contributed by atoms with Crippen LogP contribution in [-0.4, -0.2) is 72.6 Å². The Labute approximate surface area is 224 Å². The van der Waals surface area contributed by atoms with Crippen molar-refractivity contribution in [3.05, 3.63) is 78.4 Å². The van der Waals surface area contributed by atoms with E-state index in [0.717, 1.165) is 65.4 Å². The Morgan fingerprint density at radius 3 is 2.41 bits per heavy atom. The zero-order chi connectivity index (χ0) is 27.0. The van der Waals surface area contributed by atoms with Gasteiger partial charge in [0.1, 0.15) is 23.6 Å². The smallest absolute Gasteiger partial charge is 0.225 e. The van der Waals surface area contributed by atoms with E-state index in [1.54, 1.807) is 41.7 Å². The van der Waals surface area contributed by atoms with Crippen LogP contribution in [0.2, 0.25) is 0 Å². The zero-order valence-electron chi connectivity index (χ0n) is 21.5. The van der Waals surface area contributed by atoms with Gasteiger partial charge in [0.05, 0.1) is 36.0 Å². The quantitative estimate of drug-likeness (QED) is 0.290. The standard InChI is InChI=1S/C27H29FN10O/c1-27(29,19-2-4-21(28)5-3-19)20-14-30-26(31-15-20)37-8-6-36(7-9-37)25-22-12-23(35-24(22)32-17-33-25)18-13-34-38(16-18)10-11-39/h2-5,12-17,39H,6-11,29H2,1H3,(H,32,33,35). The van der Waals surface area contributed by atoms with Gasteiger partial charge < -0.3 is 25.6 Å².